The SMILES string of the molecule is CC.COc1cnc(C(F)F)cc1-c1cc(-n2nc3c(cc2=O)CCC3)ncc1C(=O)NC1=NNC(C#CC2CC2)S1. The molecule has 3 aliphatic rings. The van der Waals surface area contributed by atoms with E-state index in [1.54, 1.807) is 0 Å². The molecule has 3 aromatic rings. The van der Waals surface area contributed by atoms with Crippen molar-refractivity contribution < 1.29 is 18.3 Å². The Bertz CT molecular complexity index is 1660. The summed E-state index contributed by atoms with van der Waals surface area (Å²) < 4.78 is 33.8. The number of pyridine rings is 2. The molecule has 2 N–H and O–H groups in total. The Balaban J connectivity index is 0.00000173. The van der Waals surface area contributed by atoms with Crippen molar-refractivity contribution in [1.82, 2.24) is 30.5 Å². The third-order valence-electron chi connectivity index (χ3n) is 6.66. The number of thioether (sulfide) groups is 1. The minimum atomic E-state index is -2.85. The van der Waals surface area contributed by atoms with E-state index in [-0.39, 0.29) is 39.2 Å². The summed E-state index contributed by atoms with van der Waals surface area (Å²) in [5, 5.41) is 11.4. The number of hydrazone groups is 1. The van der Waals surface area contributed by atoms with Gasteiger partial charge in [-0.25, -0.2) is 13.8 Å². The Kier molecular flexibility index (Phi) is 8.82. The van der Waals surface area contributed by atoms with Crippen molar-refractivity contribution in [3.63, 3.8) is 0 Å². The maximum absolute atomic E-state index is 13.6. The Morgan fingerprint density at radius 2 is 1.95 bits per heavy atom. The minimum Gasteiger partial charge on any atom is -0.494 e. The van der Waals surface area contributed by atoms with Crippen molar-refractivity contribution >= 4 is 22.8 Å². The average molecular weight is 594 g/mol. The zero-order valence-electron chi connectivity index (χ0n) is 23.3. The van der Waals surface area contributed by atoms with E-state index in [2.05, 4.69) is 42.8 Å². The first-order chi connectivity index (χ1) is 20.4. The molecule has 42 heavy (non-hydrogen) atoms. The molecule has 0 spiro atoms. The first kappa shape index (κ1) is 29.2. The second kappa shape index (κ2) is 12.7. The number of halogens is 2. The van der Waals surface area contributed by atoms with Gasteiger partial charge in [-0.2, -0.15) is 14.9 Å². The maximum Gasteiger partial charge on any atom is 0.280 e. The number of amidine groups is 1. The van der Waals surface area contributed by atoms with Crippen LogP contribution >= 0.6 is 11.8 Å². The van der Waals surface area contributed by atoms with Gasteiger partial charge in [-0.3, -0.25) is 25.3 Å². The highest BCUT2D eigenvalue weighted by Crippen LogP contribution is 2.35. The maximum atomic E-state index is 13.6. The number of methoxy groups -OCH3 is 1. The molecule has 4 heterocycles. The molecule has 1 aliphatic heterocycles. The van der Waals surface area contributed by atoms with E-state index in [0.717, 1.165) is 54.1 Å². The standard InChI is InChI=1S/C27H23F2N7O3S.C2H6/c1-39-21-13-30-20(25(28)29)10-17(21)16-11-22(36-24(37)9-15-3-2-4-19(15)35-36)31-12-18(16)26(38)32-27-34-33-23(40-27)8-7-14-5-6-14;1-2/h9-14,23,25,33H,2-6H2,1H3,(H,32,34,38);1-2H3. The second-order valence-corrected chi connectivity index (χ2v) is 10.6. The number of ether oxygens (including phenoxy) is 1. The molecular weight excluding hydrogens is 564 g/mol. The molecule has 2 aliphatic carbocycles. The number of fused-ring (bicyclic) bond motifs is 1. The van der Waals surface area contributed by atoms with Crippen LogP contribution in [0.4, 0.5) is 8.78 Å². The molecule has 1 amide bonds. The van der Waals surface area contributed by atoms with Crippen LogP contribution in [0.2, 0.25) is 0 Å². The highest BCUT2D eigenvalue weighted by Gasteiger charge is 2.26. The van der Waals surface area contributed by atoms with Crippen LogP contribution in [0.5, 0.6) is 5.75 Å². The van der Waals surface area contributed by atoms with Crippen molar-refractivity contribution in [2.24, 2.45) is 11.0 Å². The number of nitrogens with one attached hydrogen (secondary N) is 2. The average Bonchev–Trinajstić information content (AvgIpc) is 3.55. The Morgan fingerprint density at radius 3 is 2.69 bits per heavy atom. The normalized spacial score (nSPS) is 16.8. The number of hydrogen-bond donors (Lipinski definition) is 2. The molecule has 218 valence electrons. The molecule has 10 nitrogen and oxygen atoms in total. The summed E-state index contributed by atoms with van der Waals surface area (Å²) in [6, 6.07) is 4.15. The first-order valence-electron chi connectivity index (χ1n) is 13.7. The molecule has 1 fully saturated rings. The first-order valence-corrected chi connectivity index (χ1v) is 14.5. The molecule has 1 atom stereocenters. The van der Waals surface area contributed by atoms with E-state index in [1.807, 2.05) is 13.8 Å². The number of aromatic nitrogens is 4. The number of hydrogen-bond acceptors (Lipinski definition) is 9. The van der Waals surface area contributed by atoms with Crippen LogP contribution in [0.25, 0.3) is 16.9 Å². The van der Waals surface area contributed by atoms with Crippen LogP contribution in [-0.2, 0) is 12.8 Å². The molecule has 0 aromatic carbocycles. The summed E-state index contributed by atoms with van der Waals surface area (Å²) in [4.78, 5) is 34.5. The number of rotatable bonds is 5. The van der Waals surface area contributed by atoms with Crippen LogP contribution in [0.1, 0.15) is 66.8 Å². The molecule has 0 saturated heterocycles. The fourth-order valence-corrected chi connectivity index (χ4v) is 5.18. The third-order valence-corrected chi connectivity index (χ3v) is 7.54. The van der Waals surface area contributed by atoms with Gasteiger partial charge < -0.3 is 4.74 Å². The number of alkyl halides is 2. The van der Waals surface area contributed by atoms with Crippen molar-refractivity contribution in [1.29, 1.82) is 0 Å². The van der Waals surface area contributed by atoms with Gasteiger partial charge >= 0.3 is 0 Å². The molecule has 1 unspecified atom stereocenters. The van der Waals surface area contributed by atoms with Crippen LogP contribution in [0, 0.1) is 17.8 Å². The number of carbonyl (C=O) groups is 1. The topological polar surface area (TPSA) is 123 Å². The molecule has 6 rings (SSSR count). The fourth-order valence-electron chi connectivity index (χ4n) is 4.47. The molecule has 0 radical (unpaired) electrons. The van der Waals surface area contributed by atoms with Gasteiger partial charge in [0.2, 0.25) is 0 Å². The summed E-state index contributed by atoms with van der Waals surface area (Å²) in [5.74, 6) is 6.39. The Morgan fingerprint density at radius 1 is 1.14 bits per heavy atom. The van der Waals surface area contributed by atoms with E-state index in [0.29, 0.717) is 11.1 Å². The zero-order chi connectivity index (χ0) is 29.8. The molecule has 13 heteroatoms. The predicted octanol–water partition coefficient (Wildman–Crippen LogP) is 4.23. The van der Waals surface area contributed by atoms with Gasteiger partial charge in [-0.1, -0.05) is 25.7 Å². The van der Waals surface area contributed by atoms with Crippen LogP contribution in [-0.4, -0.2) is 43.3 Å². The van der Waals surface area contributed by atoms with E-state index < -0.39 is 18.0 Å². The summed E-state index contributed by atoms with van der Waals surface area (Å²) in [6.07, 6.45) is 4.21. The Hall–Kier alpha value is -4.31. The summed E-state index contributed by atoms with van der Waals surface area (Å²) in [7, 11) is 1.37. The van der Waals surface area contributed by atoms with Gasteiger partial charge in [0.05, 0.1) is 24.6 Å². The summed E-state index contributed by atoms with van der Waals surface area (Å²) in [5.41, 5.74) is 4.15. The smallest absolute Gasteiger partial charge is 0.280 e. The lowest BCUT2D eigenvalue weighted by Gasteiger charge is -2.15. The van der Waals surface area contributed by atoms with Crippen molar-refractivity contribution in [3.8, 4) is 34.5 Å². The minimum absolute atomic E-state index is 0.0542. The van der Waals surface area contributed by atoms with Crippen molar-refractivity contribution in [2.45, 2.75) is 57.8 Å². The van der Waals surface area contributed by atoms with E-state index in [1.165, 1.54) is 43.4 Å². The lowest BCUT2D eigenvalue weighted by atomic mass is 10.00. The van der Waals surface area contributed by atoms with Crippen molar-refractivity contribution in [2.75, 3.05) is 7.11 Å². The van der Waals surface area contributed by atoms with Gasteiger partial charge in [0.1, 0.15) is 11.4 Å². The quantitative estimate of drug-likeness (QED) is 0.422. The van der Waals surface area contributed by atoms with Crippen molar-refractivity contribution in [3.05, 3.63) is 63.5 Å². The lowest BCUT2D eigenvalue weighted by Crippen LogP contribution is -2.29. The molecule has 3 aromatic heterocycles. The van der Waals surface area contributed by atoms with Crippen LogP contribution < -0.4 is 21.0 Å². The lowest BCUT2D eigenvalue weighted by molar-refractivity contribution is 0.0978. The van der Waals surface area contributed by atoms with E-state index in [4.69, 9.17) is 4.74 Å². The van der Waals surface area contributed by atoms with Crippen LogP contribution in [0.3, 0.4) is 0 Å². The van der Waals surface area contributed by atoms with Gasteiger partial charge in [-0.05, 0) is 61.6 Å². The predicted molar refractivity (Wildman–Crippen MR) is 156 cm³/mol. The monoisotopic (exact) mass is 593 g/mol. The largest absolute Gasteiger partial charge is 0.494 e. The Labute approximate surface area is 245 Å². The van der Waals surface area contributed by atoms with Crippen LogP contribution in [0.15, 0.2) is 40.5 Å². The van der Waals surface area contributed by atoms with Gasteiger partial charge in [0.15, 0.2) is 16.4 Å². The zero-order valence-corrected chi connectivity index (χ0v) is 24.1. The fraction of sp³-hybridized carbons (Fsp3) is 0.379. The van der Waals surface area contributed by atoms with E-state index >= 15 is 0 Å². The summed E-state index contributed by atoms with van der Waals surface area (Å²) >= 11 is 1.26. The number of carbonyl (C=O) groups excluding carboxylic acids is 1. The van der Waals surface area contributed by atoms with E-state index in [9.17, 15) is 18.4 Å². The number of amides is 1. The van der Waals surface area contributed by atoms with Gasteiger partial charge in [-0.15, -0.1) is 0 Å². The molecule has 0 bridgehead atoms. The summed E-state index contributed by atoms with van der Waals surface area (Å²) in [6.45, 7) is 4.00. The second-order valence-electron chi connectivity index (χ2n) is 9.48. The third kappa shape index (κ3) is 6.28. The highest BCUT2D eigenvalue weighted by molar-refractivity contribution is 8.14. The highest BCUT2D eigenvalue weighted by atomic mass is 32.2. The number of nitrogens with zero attached hydrogens (tertiary/aromatic N) is 5. The number of aryl methyl sites for hydroxylation is 2. The molecule has 1 saturated carbocycles. The molecular formula is C29H29F2N7O3S. The van der Waals surface area contributed by atoms with Gasteiger partial charge in [0, 0.05) is 29.3 Å². The van der Waals surface area contributed by atoms with Gasteiger partial charge in [0.25, 0.3) is 17.9 Å².